The Morgan fingerprint density at radius 1 is 1.00 bits per heavy atom. The number of rotatable bonds is 8. The van der Waals surface area contributed by atoms with Gasteiger partial charge in [-0.1, -0.05) is 0 Å². The second-order valence-corrected chi connectivity index (χ2v) is 4.47. The van der Waals surface area contributed by atoms with Crippen molar-refractivity contribution in [3.63, 3.8) is 0 Å². The quantitative estimate of drug-likeness (QED) is 0.528. The number of alkyl halides is 2. The van der Waals surface area contributed by atoms with Crippen molar-refractivity contribution in [2.75, 3.05) is 25.0 Å². The van der Waals surface area contributed by atoms with E-state index in [4.69, 9.17) is 32.7 Å². The van der Waals surface area contributed by atoms with Gasteiger partial charge in [0.25, 0.3) is 0 Å². The Morgan fingerprint density at radius 2 is 1.65 bits per heavy atom. The Balaban J connectivity index is 2.47. The third kappa shape index (κ3) is 5.51. The lowest BCUT2D eigenvalue weighted by Gasteiger charge is -2.11. The van der Waals surface area contributed by atoms with Crippen LogP contribution in [0, 0.1) is 6.92 Å². The van der Waals surface area contributed by atoms with E-state index in [1.54, 1.807) is 0 Å². The van der Waals surface area contributed by atoms with Gasteiger partial charge in [-0.3, -0.25) is 0 Å². The lowest BCUT2D eigenvalue weighted by molar-refractivity contribution is 0.307. The minimum absolute atomic E-state index is 0.624. The minimum Gasteiger partial charge on any atom is -0.494 e. The fourth-order valence-corrected chi connectivity index (χ4v) is 1.57. The molecule has 0 unspecified atom stereocenters. The molecular weight excluding hydrogens is 259 g/mol. The van der Waals surface area contributed by atoms with Crippen molar-refractivity contribution in [2.45, 2.75) is 19.8 Å². The molecule has 2 nitrogen and oxygen atoms in total. The van der Waals surface area contributed by atoms with Gasteiger partial charge in [0.1, 0.15) is 11.5 Å². The van der Waals surface area contributed by atoms with E-state index in [0.29, 0.717) is 25.0 Å². The molecule has 0 amide bonds. The lowest BCUT2D eigenvalue weighted by Crippen LogP contribution is -2.01. The summed E-state index contributed by atoms with van der Waals surface area (Å²) in [5.74, 6) is 2.99. The maximum absolute atomic E-state index is 5.60. The van der Waals surface area contributed by atoms with Crippen LogP contribution < -0.4 is 9.47 Å². The third-order valence-corrected chi connectivity index (χ3v) is 2.76. The summed E-state index contributed by atoms with van der Waals surface area (Å²) >= 11 is 11.2. The summed E-state index contributed by atoms with van der Waals surface area (Å²) in [6, 6.07) is 5.82. The van der Waals surface area contributed by atoms with Crippen molar-refractivity contribution in [1.29, 1.82) is 0 Å². The van der Waals surface area contributed by atoms with Gasteiger partial charge in [-0.25, -0.2) is 0 Å². The number of hydrogen-bond donors (Lipinski definition) is 0. The molecule has 0 aliphatic rings. The molecule has 0 spiro atoms. The topological polar surface area (TPSA) is 18.5 Å². The van der Waals surface area contributed by atoms with E-state index in [-0.39, 0.29) is 0 Å². The molecule has 0 bridgehead atoms. The molecule has 17 heavy (non-hydrogen) atoms. The van der Waals surface area contributed by atoms with E-state index in [9.17, 15) is 0 Å². The second kappa shape index (κ2) is 8.48. The van der Waals surface area contributed by atoms with Crippen LogP contribution in [-0.4, -0.2) is 25.0 Å². The molecule has 4 heteroatoms. The van der Waals surface area contributed by atoms with Crippen LogP contribution in [0.5, 0.6) is 11.5 Å². The molecule has 0 aromatic heterocycles. The highest BCUT2D eigenvalue weighted by Gasteiger charge is 2.02. The van der Waals surface area contributed by atoms with Gasteiger partial charge in [0.05, 0.1) is 13.2 Å². The van der Waals surface area contributed by atoms with E-state index in [2.05, 4.69) is 0 Å². The highest BCUT2D eigenvalue weighted by molar-refractivity contribution is 6.18. The summed E-state index contributed by atoms with van der Waals surface area (Å²) < 4.78 is 11.1. The Kier molecular flexibility index (Phi) is 7.22. The Bertz CT molecular complexity index is 329. The predicted molar refractivity (Wildman–Crippen MR) is 72.8 cm³/mol. The lowest BCUT2D eigenvalue weighted by atomic mass is 10.2. The fraction of sp³-hybridized carbons (Fsp3) is 0.538. The Morgan fingerprint density at radius 3 is 2.24 bits per heavy atom. The van der Waals surface area contributed by atoms with Gasteiger partial charge in [-0.2, -0.15) is 0 Å². The molecule has 0 radical (unpaired) electrons. The second-order valence-electron chi connectivity index (χ2n) is 3.71. The summed E-state index contributed by atoms with van der Waals surface area (Å²) in [5, 5.41) is 0. The molecule has 0 fully saturated rings. The molecule has 0 N–H and O–H groups in total. The van der Waals surface area contributed by atoms with Crippen LogP contribution in [0.3, 0.4) is 0 Å². The van der Waals surface area contributed by atoms with Crippen LogP contribution >= 0.6 is 23.2 Å². The van der Waals surface area contributed by atoms with Gasteiger partial charge in [0.2, 0.25) is 0 Å². The molecule has 1 rings (SSSR count). The van der Waals surface area contributed by atoms with Gasteiger partial charge in [0, 0.05) is 11.8 Å². The third-order valence-electron chi connectivity index (χ3n) is 2.23. The van der Waals surface area contributed by atoms with E-state index in [1.165, 1.54) is 0 Å². The first kappa shape index (κ1) is 14.5. The molecule has 0 aliphatic carbocycles. The fourth-order valence-electron chi connectivity index (χ4n) is 1.35. The normalized spacial score (nSPS) is 10.3. The predicted octanol–water partition coefficient (Wildman–Crippen LogP) is 4.01. The van der Waals surface area contributed by atoms with Gasteiger partial charge >= 0.3 is 0 Å². The molecule has 1 aromatic rings. The zero-order valence-corrected chi connectivity index (χ0v) is 11.6. The van der Waals surface area contributed by atoms with Gasteiger partial charge in [-0.05, 0) is 43.5 Å². The number of halogens is 2. The smallest absolute Gasteiger partial charge is 0.122 e. The zero-order chi connectivity index (χ0) is 12.5. The first-order valence-corrected chi connectivity index (χ1v) is 6.83. The molecular formula is C13H18Cl2O2. The van der Waals surface area contributed by atoms with Crippen molar-refractivity contribution in [3.8, 4) is 11.5 Å². The maximum Gasteiger partial charge on any atom is 0.122 e. The van der Waals surface area contributed by atoms with Crippen molar-refractivity contribution in [1.82, 2.24) is 0 Å². The summed E-state index contributed by atoms with van der Waals surface area (Å²) in [6.07, 6.45) is 1.71. The molecule has 1 aromatic carbocycles. The van der Waals surface area contributed by atoms with Crippen LogP contribution in [0.1, 0.15) is 18.4 Å². The molecule has 0 aliphatic heterocycles. The van der Waals surface area contributed by atoms with Crippen molar-refractivity contribution in [3.05, 3.63) is 23.8 Å². The van der Waals surface area contributed by atoms with Crippen molar-refractivity contribution >= 4 is 23.2 Å². The van der Waals surface area contributed by atoms with E-state index < -0.39 is 0 Å². The Labute approximate surface area is 113 Å². The van der Waals surface area contributed by atoms with Crippen LogP contribution in [0.4, 0.5) is 0 Å². The Hall–Kier alpha value is -0.600. The number of benzene rings is 1. The first-order chi connectivity index (χ1) is 8.27. The highest BCUT2D eigenvalue weighted by Crippen LogP contribution is 2.23. The SMILES string of the molecule is Cc1cc(OCCCCl)ccc1OCCCCl. The molecule has 96 valence electrons. The summed E-state index contributed by atoms with van der Waals surface area (Å²) in [7, 11) is 0. The summed E-state index contributed by atoms with van der Waals surface area (Å²) in [5.41, 5.74) is 1.07. The standard InChI is InChI=1S/C13H18Cl2O2/c1-11-10-12(16-8-2-6-14)4-5-13(11)17-9-3-7-15/h4-5,10H,2-3,6-9H2,1H3. The van der Waals surface area contributed by atoms with E-state index in [1.807, 2.05) is 25.1 Å². The van der Waals surface area contributed by atoms with Crippen LogP contribution in [0.2, 0.25) is 0 Å². The van der Waals surface area contributed by atoms with E-state index in [0.717, 1.165) is 29.9 Å². The number of ether oxygens (including phenoxy) is 2. The summed E-state index contributed by atoms with van der Waals surface area (Å²) in [4.78, 5) is 0. The molecule has 0 saturated carbocycles. The number of aryl methyl sites for hydroxylation is 1. The summed E-state index contributed by atoms with van der Waals surface area (Å²) in [6.45, 7) is 3.30. The molecule has 0 atom stereocenters. The maximum atomic E-state index is 5.60. The van der Waals surface area contributed by atoms with Gasteiger partial charge in [-0.15, -0.1) is 23.2 Å². The zero-order valence-electron chi connectivity index (χ0n) is 10.0. The average Bonchev–Trinajstić information content (AvgIpc) is 2.32. The van der Waals surface area contributed by atoms with Crippen molar-refractivity contribution < 1.29 is 9.47 Å². The molecule has 0 saturated heterocycles. The number of hydrogen-bond acceptors (Lipinski definition) is 2. The molecule has 0 heterocycles. The monoisotopic (exact) mass is 276 g/mol. The first-order valence-electron chi connectivity index (χ1n) is 5.76. The van der Waals surface area contributed by atoms with E-state index >= 15 is 0 Å². The van der Waals surface area contributed by atoms with Crippen LogP contribution in [0.15, 0.2) is 18.2 Å². The minimum atomic E-state index is 0.624. The van der Waals surface area contributed by atoms with Gasteiger partial charge in [0.15, 0.2) is 0 Å². The van der Waals surface area contributed by atoms with Crippen LogP contribution in [0.25, 0.3) is 0 Å². The average molecular weight is 277 g/mol. The van der Waals surface area contributed by atoms with Crippen molar-refractivity contribution in [2.24, 2.45) is 0 Å². The largest absolute Gasteiger partial charge is 0.494 e. The van der Waals surface area contributed by atoms with Crippen LogP contribution in [-0.2, 0) is 0 Å². The highest BCUT2D eigenvalue weighted by atomic mass is 35.5. The van der Waals surface area contributed by atoms with Gasteiger partial charge < -0.3 is 9.47 Å².